The zero-order chi connectivity index (χ0) is 29.6. The molecule has 0 saturated carbocycles. The monoisotopic (exact) mass is 566 g/mol. The zero-order valence-electron chi connectivity index (χ0n) is 24.9. The van der Waals surface area contributed by atoms with Gasteiger partial charge >= 0.3 is 0 Å². The molecule has 2 aromatic heterocycles. The van der Waals surface area contributed by atoms with E-state index in [1.165, 1.54) is 51.4 Å². The summed E-state index contributed by atoms with van der Waals surface area (Å²) in [6.07, 6.45) is 17.8. The normalized spacial score (nSPS) is 11.1. The number of nitrogens with two attached hydrogens (primary N) is 2. The molecule has 42 heavy (non-hydrogen) atoms. The summed E-state index contributed by atoms with van der Waals surface area (Å²) in [6, 6.07) is 16.5. The maximum absolute atomic E-state index is 6.10. The first-order valence-corrected chi connectivity index (χ1v) is 15.3. The van der Waals surface area contributed by atoms with Crippen LogP contribution in [-0.4, -0.2) is 29.5 Å². The smallest absolute Gasteiger partial charge is 0.219 e. The molecule has 8 nitrogen and oxygen atoms in total. The van der Waals surface area contributed by atoms with E-state index in [-0.39, 0.29) is 0 Å². The third-order valence-electron chi connectivity index (χ3n) is 7.63. The van der Waals surface area contributed by atoms with Crippen LogP contribution in [0.3, 0.4) is 0 Å². The van der Waals surface area contributed by atoms with Crippen molar-refractivity contribution in [3.8, 4) is 0 Å². The first kappa shape index (κ1) is 30.8. The Bertz CT molecular complexity index is 1270. The minimum Gasteiger partial charge on any atom is -0.368 e. The lowest BCUT2D eigenvalue weighted by Crippen LogP contribution is -2.06. The lowest BCUT2D eigenvalue weighted by Gasteiger charge is -2.04. The lowest BCUT2D eigenvalue weighted by molar-refractivity contribution is 0.546. The second kappa shape index (κ2) is 16.3. The number of nitrogens with zero attached hydrogens (tertiary/aromatic N) is 6. The van der Waals surface area contributed by atoms with Crippen LogP contribution in [0.25, 0.3) is 12.2 Å². The maximum Gasteiger partial charge on any atom is 0.219 e. The van der Waals surface area contributed by atoms with Crippen molar-refractivity contribution in [2.75, 3.05) is 11.5 Å². The Hall–Kier alpha value is -4.20. The molecule has 2 aromatic carbocycles. The Morgan fingerprint density at radius 3 is 1.19 bits per heavy atom. The predicted molar refractivity (Wildman–Crippen MR) is 174 cm³/mol. The SMILES string of the molecule is C=Cc1ccc(Cn2nc(CCCCCCCCCCCCc3nc(N)n(Cc4ccc(C=C)cc4)n3)nc2N)cc1. The van der Waals surface area contributed by atoms with Gasteiger partial charge in [0, 0.05) is 12.8 Å². The van der Waals surface area contributed by atoms with Gasteiger partial charge in [0.25, 0.3) is 0 Å². The largest absolute Gasteiger partial charge is 0.368 e. The molecule has 0 bridgehead atoms. The summed E-state index contributed by atoms with van der Waals surface area (Å²) < 4.78 is 3.59. The molecule has 4 aromatic rings. The Morgan fingerprint density at radius 1 is 0.524 bits per heavy atom. The fourth-order valence-electron chi connectivity index (χ4n) is 5.09. The van der Waals surface area contributed by atoms with Crippen molar-refractivity contribution >= 4 is 24.0 Å². The molecule has 0 spiro atoms. The summed E-state index contributed by atoms with van der Waals surface area (Å²) in [7, 11) is 0. The van der Waals surface area contributed by atoms with E-state index >= 15 is 0 Å². The quantitative estimate of drug-likeness (QED) is 0.117. The van der Waals surface area contributed by atoms with Crippen LogP contribution >= 0.6 is 0 Å². The molecule has 0 amide bonds. The van der Waals surface area contributed by atoms with Crippen molar-refractivity contribution in [1.82, 2.24) is 29.5 Å². The summed E-state index contributed by atoms with van der Waals surface area (Å²) in [6.45, 7) is 8.87. The van der Waals surface area contributed by atoms with Gasteiger partial charge < -0.3 is 11.5 Å². The molecule has 0 saturated heterocycles. The number of rotatable bonds is 19. The number of nitrogen functional groups attached to an aromatic ring is 2. The highest BCUT2D eigenvalue weighted by Gasteiger charge is 2.09. The summed E-state index contributed by atoms with van der Waals surface area (Å²) in [4.78, 5) is 8.93. The molecular weight excluding hydrogens is 520 g/mol. The molecule has 0 radical (unpaired) electrons. The fraction of sp³-hybridized carbons (Fsp3) is 0.412. The molecule has 222 valence electrons. The Labute approximate surface area is 250 Å². The molecule has 4 rings (SSSR count). The number of aryl methyl sites for hydroxylation is 2. The van der Waals surface area contributed by atoms with Gasteiger partial charge in [0.1, 0.15) is 0 Å². The highest BCUT2D eigenvalue weighted by Crippen LogP contribution is 2.15. The van der Waals surface area contributed by atoms with E-state index in [9.17, 15) is 0 Å². The third-order valence-corrected chi connectivity index (χ3v) is 7.63. The maximum atomic E-state index is 6.10. The number of hydrogen-bond donors (Lipinski definition) is 2. The zero-order valence-corrected chi connectivity index (χ0v) is 24.9. The van der Waals surface area contributed by atoms with Gasteiger partial charge in [-0.2, -0.15) is 20.2 Å². The average Bonchev–Trinajstić information content (AvgIpc) is 3.54. The first-order valence-electron chi connectivity index (χ1n) is 15.3. The van der Waals surface area contributed by atoms with Crippen LogP contribution in [0.5, 0.6) is 0 Å². The van der Waals surface area contributed by atoms with Gasteiger partial charge in [0.05, 0.1) is 13.1 Å². The van der Waals surface area contributed by atoms with Crippen LogP contribution in [-0.2, 0) is 25.9 Å². The Balaban J connectivity index is 1.00. The number of hydrogen-bond acceptors (Lipinski definition) is 6. The van der Waals surface area contributed by atoms with Crippen LogP contribution in [0.1, 0.15) is 98.1 Å². The average molecular weight is 567 g/mol. The Kier molecular flexibility index (Phi) is 11.9. The minimum atomic E-state index is 0.485. The highest BCUT2D eigenvalue weighted by atomic mass is 15.4. The summed E-state index contributed by atoms with van der Waals surface area (Å²) in [5.41, 5.74) is 16.7. The van der Waals surface area contributed by atoms with Gasteiger partial charge in [0.2, 0.25) is 11.9 Å². The molecule has 0 aliphatic rings. The standard InChI is InChI=1S/C34H46N8/c1-3-27-17-21-29(22-18-27)25-41-33(35)37-31(39-41)15-13-11-9-7-5-6-8-10-12-14-16-32-38-34(36)42(40-32)26-30-23-19-28(4-2)20-24-30/h3-4,17-24H,1-2,5-16,25-26H2,(H2,35,37,39)(H2,36,38,40). The molecule has 8 heteroatoms. The lowest BCUT2D eigenvalue weighted by atomic mass is 10.0. The summed E-state index contributed by atoms with van der Waals surface area (Å²) >= 11 is 0. The molecule has 0 atom stereocenters. The number of aromatic nitrogens is 6. The summed E-state index contributed by atoms with van der Waals surface area (Å²) in [5, 5.41) is 9.24. The summed E-state index contributed by atoms with van der Waals surface area (Å²) in [5.74, 6) is 2.66. The molecule has 0 fully saturated rings. The second-order valence-electron chi connectivity index (χ2n) is 11.0. The third kappa shape index (κ3) is 9.72. The van der Waals surface area contributed by atoms with E-state index in [0.29, 0.717) is 25.0 Å². The number of benzene rings is 2. The fourth-order valence-corrected chi connectivity index (χ4v) is 5.09. The minimum absolute atomic E-state index is 0.485. The number of anilines is 2. The topological polar surface area (TPSA) is 113 Å². The molecule has 0 aliphatic carbocycles. The van der Waals surface area contributed by atoms with Crippen LogP contribution in [0.15, 0.2) is 61.7 Å². The second-order valence-corrected chi connectivity index (χ2v) is 11.0. The highest BCUT2D eigenvalue weighted by molar-refractivity contribution is 5.48. The van der Waals surface area contributed by atoms with E-state index in [4.69, 9.17) is 11.5 Å². The number of unbranched alkanes of at least 4 members (excludes halogenated alkanes) is 9. The van der Waals surface area contributed by atoms with Crippen molar-refractivity contribution in [2.24, 2.45) is 0 Å². The van der Waals surface area contributed by atoms with Gasteiger partial charge in [-0.15, -0.1) is 0 Å². The predicted octanol–water partition coefficient (Wildman–Crippen LogP) is 7.10. The van der Waals surface area contributed by atoms with E-state index in [1.807, 2.05) is 12.2 Å². The van der Waals surface area contributed by atoms with Crippen molar-refractivity contribution in [1.29, 1.82) is 0 Å². The molecule has 0 unspecified atom stereocenters. The van der Waals surface area contributed by atoms with Crippen LogP contribution in [0.4, 0.5) is 11.9 Å². The molecule has 4 N–H and O–H groups in total. The van der Waals surface area contributed by atoms with E-state index in [0.717, 1.165) is 59.6 Å². The van der Waals surface area contributed by atoms with E-state index < -0.39 is 0 Å². The van der Waals surface area contributed by atoms with Crippen molar-refractivity contribution in [3.63, 3.8) is 0 Å². The van der Waals surface area contributed by atoms with E-state index in [1.54, 1.807) is 9.36 Å². The Morgan fingerprint density at radius 2 is 0.857 bits per heavy atom. The molecule has 2 heterocycles. The van der Waals surface area contributed by atoms with Gasteiger partial charge in [-0.1, -0.05) is 125 Å². The van der Waals surface area contributed by atoms with Gasteiger partial charge in [-0.25, -0.2) is 9.36 Å². The molecular formula is C34H46N8. The van der Waals surface area contributed by atoms with Crippen LogP contribution in [0, 0.1) is 0 Å². The van der Waals surface area contributed by atoms with Crippen LogP contribution in [0.2, 0.25) is 0 Å². The van der Waals surface area contributed by atoms with Gasteiger partial charge in [0.15, 0.2) is 11.6 Å². The van der Waals surface area contributed by atoms with Crippen molar-refractivity contribution in [3.05, 3.63) is 95.6 Å². The van der Waals surface area contributed by atoms with Crippen molar-refractivity contribution in [2.45, 2.75) is 90.1 Å². The van der Waals surface area contributed by atoms with Gasteiger partial charge in [-0.05, 0) is 35.1 Å². The van der Waals surface area contributed by atoms with Crippen LogP contribution < -0.4 is 11.5 Å². The van der Waals surface area contributed by atoms with Crippen molar-refractivity contribution < 1.29 is 0 Å². The van der Waals surface area contributed by atoms with Gasteiger partial charge in [-0.3, -0.25) is 0 Å². The molecule has 0 aliphatic heterocycles. The first-order chi connectivity index (χ1) is 20.5. The van der Waals surface area contributed by atoms with E-state index in [2.05, 4.69) is 81.9 Å².